The summed E-state index contributed by atoms with van der Waals surface area (Å²) >= 11 is 0. The molecule has 1 unspecified atom stereocenters. The first-order chi connectivity index (χ1) is 35.0. The smallest absolute Gasteiger partial charge is 0.306 e. The molecule has 0 saturated heterocycles. The first-order valence-electron chi connectivity index (χ1n) is 27.7. The van der Waals surface area contributed by atoms with E-state index in [2.05, 4.69) is 130 Å². The fraction of sp³-hybridized carbons (Fsp3) is 0.523. The maximum Gasteiger partial charge on any atom is 0.306 e. The van der Waals surface area contributed by atoms with Crippen molar-refractivity contribution in [1.82, 2.24) is 0 Å². The second-order valence-electron chi connectivity index (χ2n) is 17.5. The lowest BCUT2D eigenvalue weighted by molar-refractivity contribution is -0.167. The average molecular weight is 975 g/mol. The van der Waals surface area contributed by atoms with Gasteiger partial charge in [0.1, 0.15) is 13.2 Å². The van der Waals surface area contributed by atoms with Gasteiger partial charge in [-0.2, -0.15) is 0 Å². The molecule has 0 spiro atoms. The molecular formula is C65H98O6. The van der Waals surface area contributed by atoms with Gasteiger partial charge in [0.2, 0.25) is 0 Å². The van der Waals surface area contributed by atoms with E-state index in [4.69, 9.17) is 14.2 Å². The Bertz CT molecular complexity index is 1690. The zero-order valence-electron chi connectivity index (χ0n) is 44.9. The molecule has 0 aromatic carbocycles. The molecule has 0 bridgehead atoms. The molecule has 0 aromatic heterocycles. The van der Waals surface area contributed by atoms with Gasteiger partial charge < -0.3 is 14.2 Å². The molecule has 0 saturated carbocycles. The lowest BCUT2D eigenvalue weighted by Gasteiger charge is -2.18. The standard InChI is InChI=1S/C65H98O6/c1-4-7-10-13-16-19-22-25-28-31-32-35-37-40-43-46-49-52-55-58-64(67)70-61-62(71-65(68)59-56-53-50-47-44-41-38-34-30-27-24-21-18-15-12-9-6-3)60-69-63(66)57-54-51-48-45-42-39-36-33-29-26-23-20-17-14-11-8-5-2/h7,9-10,12,15-16,18-19,21,24-30,32,34-36,38-41,43-45,48,62H,4-6,8,11,13-14,17,20,22-23,31,33,37,42,46-47,49-61H2,1-3H3/b10-7-,12-9-,18-15-,19-16-,24-21-,28-25-,29-26-,30-27-,35-32-,38-34+,39-36-,43-40-,44-41-,48-45-. The number of carbonyl (C=O) groups excluding carboxylic acids is 3. The third kappa shape index (κ3) is 55.6. The largest absolute Gasteiger partial charge is 0.462 e. The van der Waals surface area contributed by atoms with Gasteiger partial charge in [-0.15, -0.1) is 0 Å². The third-order valence-electron chi connectivity index (χ3n) is 10.8. The van der Waals surface area contributed by atoms with Crippen molar-refractivity contribution in [3.8, 4) is 0 Å². The minimum absolute atomic E-state index is 0.138. The van der Waals surface area contributed by atoms with E-state index >= 15 is 0 Å². The molecule has 0 aliphatic carbocycles. The molecule has 6 heteroatoms. The van der Waals surface area contributed by atoms with E-state index in [0.29, 0.717) is 19.3 Å². The Balaban J connectivity index is 4.66. The van der Waals surface area contributed by atoms with Gasteiger partial charge in [-0.25, -0.2) is 0 Å². The normalized spacial score (nSPS) is 13.5. The Morgan fingerprint density at radius 3 is 1.08 bits per heavy atom. The summed E-state index contributed by atoms with van der Waals surface area (Å²) in [6, 6.07) is 0. The molecule has 394 valence electrons. The first-order valence-corrected chi connectivity index (χ1v) is 27.7. The Kier molecular flexibility index (Phi) is 53.1. The van der Waals surface area contributed by atoms with E-state index in [1.165, 1.54) is 44.9 Å². The van der Waals surface area contributed by atoms with Crippen molar-refractivity contribution in [2.75, 3.05) is 13.2 Å². The fourth-order valence-corrected chi connectivity index (χ4v) is 6.75. The molecule has 0 N–H and O–H groups in total. The highest BCUT2D eigenvalue weighted by Gasteiger charge is 2.19. The summed E-state index contributed by atoms with van der Waals surface area (Å²) in [5, 5.41) is 0. The highest BCUT2D eigenvalue weighted by atomic mass is 16.6. The van der Waals surface area contributed by atoms with E-state index in [9.17, 15) is 14.4 Å². The van der Waals surface area contributed by atoms with Crippen molar-refractivity contribution < 1.29 is 28.6 Å². The molecule has 0 aromatic rings. The monoisotopic (exact) mass is 975 g/mol. The lowest BCUT2D eigenvalue weighted by atomic mass is 10.1. The fourth-order valence-electron chi connectivity index (χ4n) is 6.75. The Morgan fingerprint density at radius 1 is 0.310 bits per heavy atom. The van der Waals surface area contributed by atoms with Crippen molar-refractivity contribution in [2.45, 2.75) is 207 Å². The molecule has 0 heterocycles. The molecule has 71 heavy (non-hydrogen) atoms. The van der Waals surface area contributed by atoms with Gasteiger partial charge in [0.05, 0.1) is 0 Å². The van der Waals surface area contributed by atoms with Crippen molar-refractivity contribution in [2.24, 2.45) is 0 Å². The van der Waals surface area contributed by atoms with Crippen molar-refractivity contribution >= 4 is 17.9 Å². The number of ether oxygens (including phenoxy) is 3. The predicted molar refractivity (Wildman–Crippen MR) is 306 cm³/mol. The van der Waals surface area contributed by atoms with Crippen LogP contribution in [0.1, 0.15) is 201 Å². The highest BCUT2D eigenvalue weighted by molar-refractivity contribution is 5.71. The molecule has 0 fully saturated rings. The van der Waals surface area contributed by atoms with E-state index in [0.717, 1.165) is 103 Å². The van der Waals surface area contributed by atoms with E-state index in [-0.39, 0.29) is 44.0 Å². The molecule has 0 amide bonds. The number of hydrogen-bond donors (Lipinski definition) is 0. The topological polar surface area (TPSA) is 78.9 Å². The van der Waals surface area contributed by atoms with E-state index in [1.807, 2.05) is 60.8 Å². The maximum atomic E-state index is 12.8. The molecule has 0 radical (unpaired) electrons. The number of rotatable bonds is 47. The third-order valence-corrected chi connectivity index (χ3v) is 10.8. The van der Waals surface area contributed by atoms with Crippen LogP contribution >= 0.6 is 0 Å². The maximum absolute atomic E-state index is 12.8. The summed E-state index contributed by atoms with van der Waals surface area (Å²) in [5.41, 5.74) is 0. The van der Waals surface area contributed by atoms with Crippen molar-refractivity contribution in [3.63, 3.8) is 0 Å². The van der Waals surface area contributed by atoms with Gasteiger partial charge in [-0.05, 0) is 116 Å². The van der Waals surface area contributed by atoms with Gasteiger partial charge in [0.25, 0.3) is 0 Å². The number of allylic oxidation sites excluding steroid dienone is 28. The van der Waals surface area contributed by atoms with Crippen LogP contribution in [0.3, 0.4) is 0 Å². The molecular weight excluding hydrogens is 877 g/mol. The number of carbonyl (C=O) groups is 3. The van der Waals surface area contributed by atoms with Crippen LogP contribution in [0.25, 0.3) is 0 Å². The first kappa shape index (κ1) is 65.8. The lowest BCUT2D eigenvalue weighted by Crippen LogP contribution is -2.30. The van der Waals surface area contributed by atoms with Crippen LogP contribution in [-0.4, -0.2) is 37.2 Å². The molecule has 0 aliphatic rings. The van der Waals surface area contributed by atoms with Crippen LogP contribution in [0.4, 0.5) is 0 Å². The van der Waals surface area contributed by atoms with E-state index < -0.39 is 6.10 Å². The molecule has 6 nitrogen and oxygen atoms in total. The minimum Gasteiger partial charge on any atom is -0.462 e. The van der Waals surface area contributed by atoms with Crippen LogP contribution in [0, 0.1) is 0 Å². The second-order valence-corrected chi connectivity index (χ2v) is 17.5. The highest BCUT2D eigenvalue weighted by Crippen LogP contribution is 2.11. The van der Waals surface area contributed by atoms with Crippen LogP contribution in [-0.2, 0) is 28.6 Å². The van der Waals surface area contributed by atoms with Crippen LogP contribution in [0.5, 0.6) is 0 Å². The van der Waals surface area contributed by atoms with Gasteiger partial charge in [-0.1, -0.05) is 236 Å². The molecule has 1 atom stereocenters. The summed E-state index contributed by atoms with van der Waals surface area (Å²) in [5.74, 6) is -1.08. The average Bonchev–Trinajstić information content (AvgIpc) is 3.37. The summed E-state index contributed by atoms with van der Waals surface area (Å²) in [4.78, 5) is 38.1. The zero-order chi connectivity index (χ0) is 51.4. The van der Waals surface area contributed by atoms with E-state index in [1.54, 1.807) is 0 Å². The van der Waals surface area contributed by atoms with Crippen LogP contribution < -0.4 is 0 Å². The minimum atomic E-state index is -0.846. The van der Waals surface area contributed by atoms with Crippen molar-refractivity contribution in [3.05, 3.63) is 170 Å². The predicted octanol–water partition coefficient (Wildman–Crippen LogP) is 18.8. The summed E-state index contributed by atoms with van der Waals surface area (Å²) in [7, 11) is 0. The van der Waals surface area contributed by atoms with Crippen molar-refractivity contribution in [1.29, 1.82) is 0 Å². The number of unbranched alkanes of at least 4 members (excludes halogenated alkanes) is 13. The zero-order valence-corrected chi connectivity index (χ0v) is 44.9. The molecule has 0 rings (SSSR count). The number of esters is 3. The summed E-state index contributed by atoms with van der Waals surface area (Å²) < 4.78 is 16.7. The van der Waals surface area contributed by atoms with Gasteiger partial charge in [0, 0.05) is 19.3 Å². The van der Waals surface area contributed by atoms with Crippen LogP contribution in [0.15, 0.2) is 170 Å². The Labute approximate surface area is 434 Å². The van der Waals surface area contributed by atoms with Gasteiger partial charge in [0.15, 0.2) is 6.10 Å². The van der Waals surface area contributed by atoms with Crippen LogP contribution in [0.2, 0.25) is 0 Å². The van der Waals surface area contributed by atoms with Gasteiger partial charge >= 0.3 is 17.9 Å². The second kappa shape index (κ2) is 57.3. The Hall–Kier alpha value is -5.23. The summed E-state index contributed by atoms with van der Waals surface area (Å²) in [6.45, 7) is 6.24. The number of hydrogen-bond acceptors (Lipinski definition) is 6. The quantitative estimate of drug-likeness (QED) is 0.0199. The summed E-state index contributed by atoms with van der Waals surface area (Å²) in [6.07, 6.45) is 84.8. The SMILES string of the molecule is CC\C=C/C=C\C=C/C=C\C=C\C=C/CCCCCC(=O)OC(COC(=O)CCC/C=C\C/C=C\C/C=C\CCCCCCCC)COC(=O)CCCCC/C=C\C/C=C\C/C=C\C/C=C\C/C=C\CC. The van der Waals surface area contributed by atoms with Gasteiger partial charge in [-0.3, -0.25) is 14.4 Å². The Morgan fingerprint density at radius 2 is 0.634 bits per heavy atom. The molecule has 0 aliphatic heterocycles.